The van der Waals surface area contributed by atoms with E-state index in [0.717, 1.165) is 16.7 Å². The maximum atomic E-state index is 12.8. The zero-order chi connectivity index (χ0) is 20.9. The van der Waals surface area contributed by atoms with E-state index in [2.05, 4.69) is 15.2 Å². The second-order valence-electron chi connectivity index (χ2n) is 6.99. The summed E-state index contributed by atoms with van der Waals surface area (Å²) in [6, 6.07) is 23.6. The largest absolute Gasteiger partial charge is 0.328 e. The van der Waals surface area contributed by atoms with Crippen LogP contribution in [0.15, 0.2) is 84.0 Å². The van der Waals surface area contributed by atoms with Crippen LogP contribution in [-0.4, -0.2) is 25.2 Å². The zero-order valence-electron chi connectivity index (χ0n) is 16.5. The average Bonchev–Trinajstić information content (AvgIpc) is 3.10. The van der Waals surface area contributed by atoms with Crippen LogP contribution in [0.25, 0.3) is 11.4 Å². The minimum Gasteiger partial charge on any atom is -0.328 e. The van der Waals surface area contributed by atoms with Gasteiger partial charge in [0, 0.05) is 18.3 Å². The number of carbonyl (C=O) groups is 1. The smallest absolute Gasteiger partial charge is 0.267 e. The average molecular weight is 416 g/mol. The van der Waals surface area contributed by atoms with Crippen LogP contribution in [0.1, 0.15) is 11.1 Å². The first-order valence-electron chi connectivity index (χ1n) is 9.59. The Balaban J connectivity index is 1.63. The van der Waals surface area contributed by atoms with Gasteiger partial charge in [0.2, 0.25) is 0 Å². The summed E-state index contributed by atoms with van der Waals surface area (Å²) in [5.74, 6) is 0.326. The topological polar surface area (TPSA) is 68.0 Å². The molecule has 2 aromatic heterocycles. The van der Waals surface area contributed by atoms with Crippen molar-refractivity contribution in [2.24, 2.45) is 4.99 Å². The molecule has 2 aromatic carbocycles. The van der Waals surface area contributed by atoms with E-state index in [0.29, 0.717) is 22.6 Å². The van der Waals surface area contributed by atoms with Gasteiger partial charge < -0.3 is 4.57 Å². The molecule has 1 amide bonds. The van der Waals surface area contributed by atoms with E-state index < -0.39 is 0 Å². The summed E-state index contributed by atoms with van der Waals surface area (Å²) in [4.78, 5) is 17.1. The van der Waals surface area contributed by atoms with Crippen LogP contribution in [0.5, 0.6) is 0 Å². The standard InChI is InChI=1S/C23H21N5OS/c1-17-8-7-11-19(14-17)22-25-26-23(30)28(22)16-21(29)24-20-12-5-6-13-27(20)15-18-9-3-2-4-10-18/h2-14H,15-16H2,1H3,(H,26,30). The SMILES string of the molecule is Cc1cccc(-c2n[nH]c(=S)n2CC(=O)N=c2ccccn2Cc2ccccc2)c1. The van der Waals surface area contributed by atoms with Gasteiger partial charge in [-0.15, -0.1) is 0 Å². The lowest BCUT2D eigenvalue weighted by Crippen LogP contribution is -2.23. The van der Waals surface area contributed by atoms with Crippen LogP contribution >= 0.6 is 12.2 Å². The van der Waals surface area contributed by atoms with E-state index in [-0.39, 0.29) is 12.5 Å². The summed E-state index contributed by atoms with van der Waals surface area (Å²) in [5.41, 5.74) is 3.74. The second-order valence-corrected chi connectivity index (χ2v) is 7.37. The summed E-state index contributed by atoms with van der Waals surface area (Å²) >= 11 is 5.35. The molecule has 0 spiro atoms. The Labute approximate surface area is 179 Å². The molecule has 0 fully saturated rings. The van der Waals surface area contributed by atoms with Crippen LogP contribution in [0, 0.1) is 11.7 Å². The highest BCUT2D eigenvalue weighted by molar-refractivity contribution is 7.71. The van der Waals surface area contributed by atoms with Crippen LogP contribution < -0.4 is 5.49 Å². The van der Waals surface area contributed by atoms with Crippen molar-refractivity contribution >= 4 is 18.1 Å². The first kappa shape index (κ1) is 19.7. The Morgan fingerprint density at radius 2 is 1.87 bits per heavy atom. The van der Waals surface area contributed by atoms with Crippen molar-refractivity contribution in [2.75, 3.05) is 0 Å². The zero-order valence-corrected chi connectivity index (χ0v) is 17.3. The van der Waals surface area contributed by atoms with Gasteiger partial charge in [-0.1, -0.05) is 60.2 Å². The fourth-order valence-corrected chi connectivity index (χ4v) is 3.45. The van der Waals surface area contributed by atoms with Gasteiger partial charge in [0.15, 0.2) is 10.6 Å². The Morgan fingerprint density at radius 3 is 2.67 bits per heavy atom. The Kier molecular flexibility index (Phi) is 5.81. The molecule has 0 aliphatic carbocycles. The molecule has 30 heavy (non-hydrogen) atoms. The quantitative estimate of drug-likeness (QED) is 0.503. The van der Waals surface area contributed by atoms with Gasteiger partial charge in [-0.25, -0.2) is 0 Å². The third kappa shape index (κ3) is 4.52. The van der Waals surface area contributed by atoms with Gasteiger partial charge in [0.05, 0.1) is 0 Å². The number of H-pyrrole nitrogens is 1. The van der Waals surface area contributed by atoms with Crippen molar-refractivity contribution < 1.29 is 4.79 Å². The maximum absolute atomic E-state index is 12.8. The third-order valence-electron chi connectivity index (χ3n) is 4.68. The molecule has 4 aromatic rings. The van der Waals surface area contributed by atoms with Crippen LogP contribution in [-0.2, 0) is 17.9 Å². The minimum atomic E-state index is -0.297. The lowest BCUT2D eigenvalue weighted by atomic mass is 10.1. The summed E-state index contributed by atoms with van der Waals surface area (Å²) in [6.45, 7) is 2.66. The van der Waals surface area contributed by atoms with Crippen molar-refractivity contribution in [1.29, 1.82) is 0 Å². The summed E-state index contributed by atoms with van der Waals surface area (Å²) in [7, 11) is 0. The van der Waals surface area contributed by atoms with Crippen molar-refractivity contribution in [3.8, 4) is 11.4 Å². The normalized spacial score (nSPS) is 11.6. The number of aromatic nitrogens is 4. The van der Waals surface area contributed by atoms with Crippen LogP contribution in [0.4, 0.5) is 0 Å². The molecule has 7 heteroatoms. The van der Waals surface area contributed by atoms with Crippen molar-refractivity contribution in [3.05, 3.63) is 100 Å². The Bertz CT molecular complexity index is 1300. The summed E-state index contributed by atoms with van der Waals surface area (Å²) < 4.78 is 4.02. The number of hydrogen-bond acceptors (Lipinski definition) is 3. The molecule has 4 rings (SSSR count). The molecular formula is C23H21N5OS. The molecule has 150 valence electrons. The molecule has 0 aliphatic heterocycles. The van der Waals surface area contributed by atoms with Gasteiger partial charge in [-0.3, -0.25) is 14.5 Å². The lowest BCUT2D eigenvalue weighted by molar-refractivity contribution is -0.118. The van der Waals surface area contributed by atoms with E-state index in [1.807, 2.05) is 90.5 Å². The number of pyridine rings is 1. The Hall–Kier alpha value is -3.58. The van der Waals surface area contributed by atoms with Gasteiger partial charge in [0.1, 0.15) is 12.0 Å². The van der Waals surface area contributed by atoms with Crippen molar-refractivity contribution in [3.63, 3.8) is 0 Å². The number of aromatic amines is 1. The molecular weight excluding hydrogens is 394 g/mol. The highest BCUT2D eigenvalue weighted by atomic mass is 32.1. The van der Waals surface area contributed by atoms with Gasteiger partial charge in [-0.05, 0) is 42.9 Å². The molecule has 0 atom stereocenters. The second kappa shape index (κ2) is 8.84. The van der Waals surface area contributed by atoms with Crippen LogP contribution in [0.3, 0.4) is 0 Å². The molecule has 1 N–H and O–H groups in total. The first-order chi connectivity index (χ1) is 14.6. The number of amides is 1. The summed E-state index contributed by atoms with van der Waals surface area (Å²) in [6.07, 6.45) is 1.92. The number of rotatable bonds is 5. The van der Waals surface area contributed by atoms with Crippen LogP contribution in [0.2, 0.25) is 0 Å². The molecule has 0 radical (unpaired) electrons. The first-order valence-corrected chi connectivity index (χ1v) is 10.0. The number of nitrogens with one attached hydrogen (secondary N) is 1. The van der Waals surface area contributed by atoms with E-state index in [1.165, 1.54) is 0 Å². The van der Waals surface area contributed by atoms with Gasteiger partial charge >= 0.3 is 0 Å². The van der Waals surface area contributed by atoms with Crippen molar-refractivity contribution in [2.45, 2.75) is 20.0 Å². The molecule has 0 saturated carbocycles. The molecule has 0 unspecified atom stereocenters. The highest BCUT2D eigenvalue weighted by Gasteiger charge is 2.12. The highest BCUT2D eigenvalue weighted by Crippen LogP contribution is 2.18. The van der Waals surface area contributed by atoms with Crippen molar-refractivity contribution in [1.82, 2.24) is 19.3 Å². The molecule has 0 aliphatic rings. The van der Waals surface area contributed by atoms with E-state index in [4.69, 9.17) is 12.2 Å². The monoisotopic (exact) mass is 415 g/mol. The van der Waals surface area contributed by atoms with Gasteiger partial charge in [0.25, 0.3) is 5.91 Å². The third-order valence-corrected chi connectivity index (χ3v) is 4.99. The summed E-state index contributed by atoms with van der Waals surface area (Å²) in [5, 5.41) is 7.09. The predicted molar refractivity (Wildman–Crippen MR) is 118 cm³/mol. The molecule has 6 nitrogen and oxygen atoms in total. The maximum Gasteiger partial charge on any atom is 0.267 e. The lowest BCUT2D eigenvalue weighted by Gasteiger charge is -2.08. The number of hydrogen-bond donors (Lipinski definition) is 1. The van der Waals surface area contributed by atoms with E-state index >= 15 is 0 Å². The molecule has 2 heterocycles. The van der Waals surface area contributed by atoms with E-state index in [1.54, 1.807) is 4.57 Å². The predicted octanol–water partition coefficient (Wildman–Crippen LogP) is 3.89. The minimum absolute atomic E-state index is 0.0127. The molecule has 0 saturated heterocycles. The van der Waals surface area contributed by atoms with Gasteiger partial charge in [-0.2, -0.15) is 10.1 Å². The number of benzene rings is 2. The fraction of sp³-hybridized carbons (Fsp3) is 0.130. The number of aryl methyl sites for hydroxylation is 1. The number of carbonyl (C=O) groups excluding carboxylic acids is 1. The number of nitrogens with zero attached hydrogens (tertiary/aromatic N) is 4. The Morgan fingerprint density at radius 1 is 1.07 bits per heavy atom. The molecule has 0 bridgehead atoms. The van der Waals surface area contributed by atoms with E-state index in [9.17, 15) is 4.79 Å². The fourth-order valence-electron chi connectivity index (χ4n) is 3.25.